The topological polar surface area (TPSA) is 63.1 Å². The van der Waals surface area contributed by atoms with E-state index in [0.29, 0.717) is 17.4 Å². The summed E-state index contributed by atoms with van der Waals surface area (Å²) in [6, 6.07) is 1.86. The number of nitrogens with zero attached hydrogens (tertiary/aromatic N) is 1. The first kappa shape index (κ1) is 13.6. The van der Waals surface area contributed by atoms with Crippen molar-refractivity contribution < 1.29 is 8.42 Å². The fourth-order valence-electron chi connectivity index (χ4n) is 2.19. The molecule has 102 valence electrons. The minimum atomic E-state index is -3.36. The first-order valence-electron chi connectivity index (χ1n) is 6.30. The smallest absolute Gasteiger partial charge is 0.242 e. The third-order valence-electron chi connectivity index (χ3n) is 3.50. The van der Waals surface area contributed by atoms with Gasteiger partial charge in [0.25, 0.3) is 0 Å². The zero-order chi connectivity index (χ0) is 13.3. The van der Waals surface area contributed by atoms with Crippen molar-refractivity contribution in [3.8, 4) is 0 Å². The quantitative estimate of drug-likeness (QED) is 0.805. The van der Waals surface area contributed by atoms with Crippen LogP contribution >= 0.6 is 0 Å². The van der Waals surface area contributed by atoms with Crippen LogP contribution < -0.4 is 10.0 Å². The van der Waals surface area contributed by atoms with Gasteiger partial charge in [-0.25, -0.2) is 13.1 Å². The van der Waals surface area contributed by atoms with Gasteiger partial charge in [-0.2, -0.15) is 0 Å². The molecule has 2 unspecified atom stereocenters. The summed E-state index contributed by atoms with van der Waals surface area (Å²) in [7, 11) is 0.343. The predicted molar refractivity (Wildman–Crippen MR) is 70.7 cm³/mol. The molecule has 2 rings (SSSR count). The van der Waals surface area contributed by atoms with Crippen molar-refractivity contribution >= 4 is 10.0 Å². The van der Waals surface area contributed by atoms with Gasteiger partial charge in [0.2, 0.25) is 10.0 Å². The molecule has 0 amide bonds. The molecule has 0 saturated heterocycles. The predicted octanol–water partition coefficient (Wildman–Crippen LogP) is 0.821. The molecule has 0 aliphatic heterocycles. The molecule has 2 N–H and O–H groups in total. The summed E-state index contributed by atoms with van der Waals surface area (Å²) >= 11 is 0. The number of aromatic nitrogens is 1. The first-order chi connectivity index (χ1) is 8.47. The maximum Gasteiger partial charge on any atom is 0.242 e. The van der Waals surface area contributed by atoms with Gasteiger partial charge in [-0.15, -0.1) is 0 Å². The summed E-state index contributed by atoms with van der Waals surface area (Å²) in [5, 5.41) is 3.02. The van der Waals surface area contributed by atoms with E-state index in [-0.39, 0.29) is 6.04 Å². The summed E-state index contributed by atoms with van der Waals surface area (Å²) in [5.74, 6) is 0.514. The van der Waals surface area contributed by atoms with E-state index in [9.17, 15) is 8.42 Å². The summed E-state index contributed by atoms with van der Waals surface area (Å²) in [6.45, 7) is 2.75. The molecule has 1 aromatic rings. The Bertz CT molecular complexity index is 521. The summed E-state index contributed by atoms with van der Waals surface area (Å²) in [4.78, 5) is 0.358. The third-order valence-corrected chi connectivity index (χ3v) is 4.96. The highest BCUT2D eigenvalue weighted by atomic mass is 32.2. The van der Waals surface area contributed by atoms with Crippen LogP contribution in [0.25, 0.3) is 0 Å². The van der Waals surface area contributed by atoms with Crippen LogP contribution in [-0.4, -0.2) is 26.1 Å². The zero-order valence-corrected chi connectivity index (χ0v) is 11.9. The molecule has 2 atom stereocenters. The standard InChI is InChI=1S/C12H21N3O2S/c1-4-9-5-12(9)14-18(16,17)11-6-10(7-13-2)15(3)8-11/h6,8-9,12-14H,4-5,7H2,1-3H3. The summed E-state index contributed by atoms with van der Waals surface area (Å²) < 4.78 is 28.9. The van der Waals surface area contributed by atoms with Crippen LogP contribution in [0.4, 0.5) is 0 Å². The molecule has 1 aliphatic carbocycles. The molecule has 0 spiro atoms. The number of hydrogen-bond acceptors (Lipinski definition) is 3. The Hall–Kier alpha value is -0.850. The first-order valence-corrected chi connectivity index (χ1v) is 7.78. The Balaban J connectivity index is 2.12. The van der Waals surface area contributed by atoms with Crippen LogP contribution in [0.1, 0.15) is 25.5 Å². The second-order valence-corrected chi connectivity index (χ2v) is 6.65. The van der Waals surface area contributed by atoms with Gasteiger partial charge in [-0.05, 0) is 25.5 Å². The van der Waals surface area contributed by atoms with Gasteiger partial charge in [0, 0.05) is 31.5 Å². The largest absolute Gasteiger partial charge is 0.352 e. The van der Waals surface area contributed by atoms with E-state index in [1.807, 2.05) is 18.7 Å². The van der Waals surface area contributed by atoms with E-state index >= 15 is 0 Å². The van der Waals surface area contributed by atoms with E-state index in [2.05, 4.69) is 17.0 Å². The molecule has 1 aromatic heterocycles. The van der Waals surface area contributed by atoms with Gasteiger partial charge in [-0.1, -0.05) is 13.3 Å². The van der Waals surface area contributed by atoms with Crippen LogP contribution in [0, 0.1) is 5.92 Å². The van der Waals surface area contributed by atoms with Gasteiger partial charge >= 0.3 is 0 Å². The van der Waals surface area contributed by atoms with Gasteiger partial charge in [0.05, 0.1) is 4.90 Å². The van der Waals surface area contributed by atoms with E-state index in [1.54, 1.807) is 12.3 Å². The molecular weight excluding hydrogens is 250 g/mol. The minimum Gasteiger partial charge on any atom is -0.352 e. The maximum absolute atomic E-state index is 12.2. The number of aryl methyl sites for hydroxylation is 1. The lowest BCUT2D eigenvalue weighted by molar-refractivity contribution is 0.575. The number of rotatable bonds is 6. The zero-order valence-electron chi connectivity index (χ0n) is 11.1. The Morgan fingerprint density at radius 1 is 1.50 bits per heavy atom. The fraction of sp³-hybridized carbons (Fsp3) is 0.667. The van der Waals surface area contributed by atoms with E-state index < -0.39 is 10.0 Å². The van der Waals surface area contributed by atoms with Crippen molar-refractivity contribution in [3.05, 3.63) is 18.0 Å². The molecule has 18 heavy (non-hydrogen) atoms. The van der Waals surface area contributed by atoms with Crippen molar-refractivity contribution in [1.29, 1.82) is 0 Å². The van der Waals surface area contributed by atoms with Gasteiger partial charge in [-0.3, -0.25) is 0 Å². The summed E-state index contributed by atoms with van der Waals surface area (Å²) in [5.41, 5.74) is 0.959. The lowest BCUT2D eigenvalue weighted by Crippen LogP contribution is -2.26. The second kappa shape index (κ2) is 5.03. The van der Waals surface area contributed by atoms with E-state index in [4.69, 9.17) is 0 Å². The Morgan fingerprint density at radius 3 is 2.78 bits per heavy atom. The third kappa shape index (κ3) is 2.76. The average molecular weight is 271 g/mol. The lowest BCUT2D eigenvalue weighted by atomic mass is 10.3. The highest BCUT2D eigenvalue weighted by molar-refractivity contribution is 7.89. The van der Waals surface area contributed by atoms with Crippen LogP contribution in [0.5, 0.6) is 0 Å². The molecule has 1 aliphatic rings. The van der Waals surface area contributed by atoms with Crippen molar-refractivity contribution in [3.63, 3.8) is 0 Å². The number of nitrogens with one attached hydrogen (secondary N) is 2. The molecule has 1 saturated carbocycles. The van der Waals surface area contributed by atoms with E-state index in [1.165, 1.54) is 0 Å². The summed E-state index contributed by atoms with van der Waals surface area (Å²) in [6.07, 6.45) is 3.66. The molecule has 5 nitrogen and oxygen atoms in total. The van der Waals surface area contributed by atoms with Crippen molar-refractivity contribution in [2.75, 3.05) is 7.05 Å². The van der Waals surface area contributed by atoms with Crippen molar-refractivity contribution in [2.24, 2.45) is 13.0 Å². The normalized spacial score (nSPS) is 23.3. The number of sulfonamides is 1. The molecule has 1 heterocycles. The van der Waals surface area contributed by atoms with Crippen LogP contribution in [-0.2, 0) is 23.6 Å². The molecular formula is C12H21N3O2S. The van der Waals surface area contributed by atoms with Gasteiger partial charge < -0.3 is 9.88 Å². The Morgan fingerprint density at radius 2 is 2.22 bits per heavy atom. The monoisotopic (exact) mass is 271 g/mol. The van der Waals surface area contributed by atoms with Crippen LogP contribution in [0.3, 0.4) is 0 Å². The highest BCUT2D eigenvalue weighted by Gasteiger charge is 2.38. The lowest BCUT2D eigenvalue weighted by Gasteiger charge is -2.03. The molecule has 0 bridgehead atoms. The van der Waals surface area contributed by atoms with Crippen LogP contribution in [0.15, 0.2) is 17.2 Å². The Labute approximate surface area is 109 Å². The van der Waals surface area contributed by atoms with Gasteiger partial charge in [0.15, 0.2) is 0 Å². The highest BCUT2D eigenvalue weighted by Crippen LogP contribution is 2.34. The average Bonchev–Trinajstić information content (AvgIpc) is 2.93. The SMILES string of the molecule is CCC1CC1NS(=O)(=O)c1cc(CNC)n(C)c1. The molecule has 6 heteroatoms. The second-order valence-electron chi connectivity index (χ2n) is 4.94. The van der Waals surface area contributed by atoms with Crippen molar-refractivity contribution in [2.45, 2.75) is 37.2 Å². The van der Waals surface area contributed by atoms with Crippen molar-refractivity contribution in [1.82, 2.24) is 14.6 Å². The Kier molecular flexibility index (Phi) is 3.79. The van der Waals surface area contributed by atoms with E-state index in [0.717, 1.165) is 18.5 Å². The maximum atomic E-state index is 12.2. The minimum absolute atomic E-state index is 0.132. The molecule has 0 aromatic carbocycles. The number of hydrogen-bond donors (Lipinski definition) is 2. The molecule has 0 radical (unpaired) electrons. The van der Waals surface area contributed by atoms with Crippen LogP contribution in [0.2, 0.25) is 0 Å². The van der Waals surface area contributed by atoms with Gasteiger partial charge in [0.1, 0.15) is 0 Å². The molecule has 1 fully saturated rings. The fourth-order valence-corrected chi connectivity index (χ4v) is 3.60.